The van der Waals surface area contributed by atoms with Crippen molar-refractivity contribution < 1.29 is 14.3 Å². The second-order valence-electron chi connectivity index (χ2n) is 9.65. The minimum atomic E-state index is -0.342. The Kier molecular flexibility index (Phi) is 9.96. The fraction of sp³-hybridized carbons (Fsp3) is 0.406. The molecule has 3 rings (SSSR count). The first-order chi connectivity index (χ1) is 16.9. The van der Waals surface area contributed by atoms with Gasteiger partial charge in [0, 0.05) is 5.56 Å². The molecule has 0 atom stereocenters. The molecule has 0 heterocycles. The molecular weight excluding hydrogens is 432 g/mol. The highest BCUT2D eigenvalue weighted by Gasteiger charge is 2.19. The fourth-order valence-corrected chi connectivity index (χ4v) is 4.35. The van der Waals surface area contributed by atoms with Crippen LogP contribution in [0.1, 0.15) is 87.7 Å². The Bertz CT molecular complexity index is 1140. The van der Waals surface area contributed by atoms with Crippen molar-refractivity contribution >= 4 is 16.7 Å². The van der Waals surface area contributed by atoms with Gasteiger partial charge >= 0.3 is 5.97 Å². The van der Waals surface area contributed by atoms with E-state index < -0.39 is 0 Å². The maximum Gasteiger partial charge on any atom is 0.343 e. The molecule has 0 saturated heterocycles. The summed E-state index contributed by atoms with van der Waals surface area (Å²) in [6.07, 6.45) is 8.06. The predicted octanol–water partition coefficient (Wildman–Crippen LogP) is 8.87. The molecule has 0 aliphatic heterocycles. The summed E-state index contributed by atoms with van der Waals surface area (Å²) in [5.41, 5.74) is 3.85. The lowest BCUT2D eigenvalue weighted by atomic mass is 9.98. The molecule has 0 unspecified atom stereocenters. The zero-order chi connectivity index (χ0) is 25.2. The summed E-state index contributed by atoms with van der Waals surface area (Å²) in [6.45, 7) is 12.7. The Labute approximate surface area is 211 Å². The highest BCUT2D eigenvalue weighted by Crippen LogP contribution is 2.35. The average Bonchev–Trinajstić information content (AvgIpc) is 2.83. The SMILES string of the molecule is C=C(CCC)CCc1c(OC(=O)c2ccc3ccccc3c2)cc(CCCCC)cc1OC(C)C. The topological polar surface area (TPSA) is 35.5 Å². The van der Waals surface area contributed by atoms with Gasteiger partial charge in [-0.2, -0.15) is 0 Å². The molecule has 0 aliphatic rings. The molecule has 0 N–H and O–H groups in total. The maximum atomic E-state index is 13.3. The molecule has 3 aromatic rings. The van der Waals surface area contributed by atoms with E-state index in [4.69, 9.17) is 9.47 Å². The van der Waals surface area contributed by atoms with Crippen molar-refractivity contribution in [2.45, 2.75) is 85.2 Å². The van der Waals surface area contributed by atoms with E-state index in [-0.39, 0.29) is 12.1 Å². The van der Waals surface area contributed by atoms with Crippen LogP contribution in [0.3, 0.4) is 0 Å². The number of carbonyl (C=O) groups is 1. The lowest BCUT2D eigenvalue weighted by molar-refractivity contribution is 0.0732. The third kappa shape index (κ3) is 7.71. The number of hydrogen-bond acceptors (Lipinski definition) is 3. The van der Waals surface area contributed by atoms with Crippen molar-refractivity contribution in [1.29, 1.82) is 0 Å². The normalized spacial score (nSPS) is 11.1. The Morgan fingerprint density at radius 3 is 2.31 bits per heavy atom. The lowest BCUT2D eigenvalue weighted by Crippen LogP contribution is -2.13. The Hall–Kier alpha value is -3.07. The number of unbranched alkanes of at least 4 members (excludes halogenated alkanes) is 2. The first kappa shape index (κ1) is 26.5. The number of fused-ring (bicyclic) bond motifs is 1. The fourth-order valence-electron chi connectivity index (χ4n) is 4.35. The quantitative estimate of drug-likeness (QED) is 0.108. The van der Waals surface area contributed by atoms with E-state index in [0.717, 1.165) is 72.6 Å². The van der Waals surface area contributed by atoms with Gasteiger partial charge in [-0.3, -0.25) is 0 Å². The van der Waals surface area contributed by atoms with E-state index in [1.165, 1.54) is 12.0 Å². The summed E-state index contributed by atoms with van der Waals surface area (Å²) in [5, 5.41) is 2.12. The lowest BCUT2D eigenvalue weighted by Gasteiger charge is -2.20. The Morgan fingerprint density at radius 2 is 1.60 bits per heavy atom. The van der Waals surface area contributed by atoms with Gasteiger partial charge in [0.2, 0.25) is 0 Å². The van der Waals surface area contributed by atoms with Crippen molar-refractivity contribution in [3.63, 3.8) is 0 Å². The van der Waals surface area contributed by atoms with E-state index in [9.17, 15) is 4.79 Å². The van der Waals surface area contributed by atoms with Crippen molar-refractivity contribution in [1.82, 2.24) is 0 Å². The number of ether oxygens (including phenoxy) is 2. The van der Waals surface area contributed by atoms with Crippen LogP contribution in [-0.2, 0) is 12.8 Å². The zero-order valence-electron chi connectivity index (χ0n) is 21.9. The van der Waals surface area contributed by atoms with Crippen LogP contribution in [0.4, 0.5) is 0 Å². The number of carbonyl (C=O) groups excluding carboxylic acids is 1. The third-order valence-corrected chi connectivity index (χ3v) is 6.18. The molecule has 0 aliphatic carbocycles. The summed E-state index contributed by atoms with van der Waals surface area (Å²) in [7, 11) is 0. The van der Waals surface area contributed by atoms with Crippen LogP contribution in [0, 0.1) is 0 Å². The van der Waals surface area contributed by atoms with E-state index in [0.29, 0.717) is 11.3 Å². The number of aryl methyl sites for hydroxylation is 1. The van der Waals surface area contributed by atoms with E-state index in [1.807, 2.05) is 62.4 Å². The molecule has 0 bridgehead atoms. The van der Waals surface area contributed by atoms with Crippen LogP contribution in [0.5, 0.6) is 11.5 Å². The van der Waals surface area contributed by atoms with Crippen molar-refractivity contribution in [2.75, 3.05) is 0 Å². The summed E-state index contributed by atoms with van der Waals surface area (Å²) < 4.78 is 12.3. The van der Waals surface area contributed by atoms with Gasteiger partial charge in [0.15, 0.2) is 0 Å². The highest BCUT2D eigenvalue weighted by atomic mass is 16.5. The van der Waals surface area contributed by atoms with Crippen LogP contribution in [0.25, 0.3) is 10.8 Å². The molecule has 0 fully saturated rings. The minimum absolute atomic E-state index is 0.0301. The predicted molar refractivity (Wildman–Crippen MR) is 147 cm³/mol. The van der Waals surface area contributed by atoms with Gasteiger partial charge in [0.1, 0.15) is 11.5 Å². The molecule has 0 radical (unpaired) electrons. The first-order valence-corrected chi connectivity index (χ1v) is 13.1. The Morgan fingerprint density at radius 1 is 0.857 bits per heavy atom. The zero-order valence-corrected chi connectivity index (χ0v) is 21.9. The van der Waals surface area contributed by atoms with E-state index in [1.54, 1.807) is 0 Å². The maximum absolute atomic E-state index is 13.3. The number of rotatable bonds is 13. The molecular formula is C32H40O3. The highest BCUT2D eigenvalue weighted by molar-refractivity contribution is 5.96. The number of benzene rings is 3. The largest absolute Gasteiger partial charge is 0.491 e. The summed E-state index contributed by atoms with van der Waals surface area (Å²) in [5.74, 6) is 1.09. The van der Waals surface area contributed by atoms with E-state index >= 15 is 0 Å². The van der Waals surface area contributed by atoms with Crippen molar-refractivity contribution in [2.24, 2.45) is 0 Å². The van der Waals surface area contributed by atoms with Gasteiger partial charge in [0.25, 0.3) is 0 Å². The second-order valence-corrected chi connectivity index (χ2v) is 9.65. The molecule has 0 amide bonds. The van der Waals surface area contributed by atoms with Crippen LogP contribution >= 0.6 is 0 Å². The standard InChI is InChI=1S/C32H40O3/c1-6-8-9-13-25-20-30(34-23(3)4)29(19-16-24(5)12-7-2)31(21-25)35-32(33)28-18-17-26-14-10-11-15-27(26)22-28/h10-11,14-15,17-18,20-23H,5-9,12-13,16,19H2,1-4H3. The molecule has 0 spiro atoms. The van der Waals surface area contributed by atoms with Crippen molar-refractivity contribution in [3.05, 3.63) is 83.4 Å². The molecule has 0 aromatic heterocycles. The molecule has 186 valence electrons. The smallest absolute Gasteiger partial charge is 0.343 e. The van der Waals surface area contributed by atoms with Gasteiger partial charge in [-0.25, -0.2) is 4.79 Å². The van der Waals surface area contributed by atoms with Gasteiger partial charge in [0.05, 0.1) is 11.7 Å². The van der Waals surface area contributed by atoms with E-state index in [2.05, 4.69) is 26.5 Å². The Balaban J connectivity index is 1.96. The molecule has 0 saturated carbocycles. The van der Waals surface area contributed by atoms with Gasteiger partial charge in [-0.05, 0) is 86.6 Å². The number of hydrogen-bond donors (Lipinski definition) is 0. The number of allylic oxidation sites excluding steroid dienone is 1. The minimum Gasteiger partial charge on any atom is -0.491 e. The summed E-state index contributed by atoms with van der Waals surface area (Å²) in [4.78, 5) is 13.3. The average molecular weight is 473 g/mol. The molecule has 35 heavy (non-hydrogen) atoms. The van der Waals surface area contributed by atoms with Gasteiger partial charge in [-0.1, -0.05) is 75.6 Å². The molecule has 3 aromatic carbocycles. The van der Waals surface area contributed by atoms with Gasteiger partial charge < -0.3 is 9.47 Å². The second kappa shape index (κ2) is 13.1. The van der Waals surface area contributed by atoms with Crippen LogP contribution in [-0.4, -0.2) is 12.1 Å². The van der Waals surface area contributed by atoms with Crippen LogP contribution in [0.15, 0.2) is 66.7 Å². The van der Waals surface area contributed by atoms with Gasteiger partial charge in [-0.15, -0.1) is 0 Å². The van der Waals surface area contributed by atoms with Crippen LogP contribution < -0.4 is 9.47 Å². The summed E-state index contributed by atoms with van der Waals surface area (Å²) in [6, 6.07) is 17.9. The van der Waals surface area contributed by atoms with Crippen LogP contribution in [0.2, 0.25) is 0 Å². The third-order valence-electron chi connectivity index (χ3n) is 6.18. The first-order valence-electron chi connectivity index (χ1n) is 13.1. The molecule has 3 nitrogen and oxygen atoms in total. The molecule has 3 heteroatoms. The summed E-state index contributed by atoms with van der Waals surface area (Å²) >= 11 is 0. The number of esters is 1. The van der Waals surface area contributed by atoms with Crippen molar-refractivity contribution in [3.8, 4) is 11.5 Å². The monoisotopic (exact) mass is 472 g/mol.